The molecule has 4 nitrogen and oxygen atoms in total. The Morgan fingerprint density at radius 2 is 2.13 bits per heavy atom. The van der Waals surface area contributed by atoms with Crippen molar-refractivity contribution in [3.8, 4) is 0 Å². The lowest BCUT2D eigenvalue weighted by Crippen LogP contribution is -2.35. The van der Waals surface area contributed by atoms with Crippen LogP contribution in [0, 0.1) is 6.92 Å². The Bertz CT molecular complexity index is 363. The maximum atomic E-state index is 11.3. The summed E-state index contributed by atoms with van der Waals surface area (Å²) in [7, 11) is 1.61. The molecule has 0 saturated carbocycles. The summed E-state index contributed by atoms with van der Waals surface area (Å²) in [5.74, 6) is -0.0593. The molecule has 1 amide bonds. The zero-order valence-electron chi connectivity index (χ0n) is 9.29. The van der Waals surface area contributed by atoms with Gasteiger partial charge in [0.05, 0.1) is 11.4 Å². The average molecular weight is 207 g/mol. The van der Waals surface area contributed by atoms with Gasteiger partial charge in [0.15, 0.2) is 0 Å². The fourth-order valence-corrected chi connectivity index (χ4v) is 1.31. The Hall–Kier alpha value is -1.71. The van der Waals surface area contributed by atoms with Crippen molar-refractivity contribution in [1.82, 2.24) is 5.32 Å². The van der Waals surface area contributed by atoms with E-state index in [9.17, 15) is 4.79 Å². The van der Waals surface area contributed by atoms with Gasteiger partial charge in [-0.25, -0.2) is 0 Å². The first-order valence-corrected chi connectivity index (χ1v) is 4.89. The van der Waals surface area contributed by atoms with Gasteiger partial charge in [0.1, 0.15) is 6.04 Å². The van der Waals surface area contributed by atoms with Gasteiger partial charge in [-0.05, 0) is 31.5 Å². The predicted molar refractivity (Wildman–Crippen MR) is 62.7 cm³/mol. The largest absolute Gasteiger partial charge is 0.397 e. The number of rotatable bonds is 3. The summed E-state index contributed by atoms with van der Waals surface area (Å²) in [5, 5.41) is 5.64. The Balaban J connectivity index is 2.80. The van der Waals surface area contributed by atoms with Gasteiger partial charge in [0.2, 0.25) is 5.91 Å². The van der Waals surface area contributed by atoms with E-state index in [2.05, 4.69) is 10.6 Å². The summed E-state index contributed by atoms with van der Waals surface area (Å²) >= 11 is 0. The first-order chi connectivity index (χ1) is 7.04. The molecule has 0 aliphatic heterocycles. The lowest BCUT2D eigenvalue weighted by molar-refractivity contribution is -0.121. The van der Waals surface area contributed by atoms with E-state index < -0.39 is 0 Å². The van der Waals surface area contributed by atoms with E-state index in [4.69, 9.17) is 5.73 Å². The number of benzene rings is 1. The number of anilines is 2. The standard InChI is InChI=1S/C11H17N3O/c1-7-4-5-9(12)10(6-7)14-8(2)11(15)13-3/h4-6,8,14H,12H2,1-3H3,(H,13,15). The maximum Gasteiger partial charge on any atom is 0.241 e. The average Bonchev–Trinajstić information content (AvgIpc) is 2.22. The first kappa shape index (κ1) is 11.4. The lowest BCUT2D eigenvalue weighted by atomic mass is 10.1. The summed E-state index contributed by atoms with van der Waals surface area (Å²) in [6.07, 6.45) is 0. The van der Waals surface area contributed by atoms with Crippen molar-refractivity contribution >= 4 is 17.3 Å². The van der Waals surface area contributed by atoms with E-state index >= 15 is 0 Å². The number of nitrogen functional groups attached to an aromatic ring is 1. The van der Waals surface area contributed by atoms with Crippen LogP contribution >= 0.6 is 0 Å². The Morgan fingerprint density at radius 1 is 1.47 bits per heavy atom. The van der Waals surface area contributed by atoms with Gasteiger partial charge in [-0.3, -0.25) is 4.79 Å². The molecule has 0 fully saturated rings. The van der Waals surface area contributed by atoms with Crippen molar-refractivity contribution in [2.75, 3.05) is 18.1 Å². The van der Waals surface area contributed by atoms with Crippen LogP contribution in [-0.2, 0) is 4.79 Å². The van der Waals surface area contributed by atoms with E-state index in [1.165, 1.54) is 0 Å². The fourth-order valence-electron chi connectivity index (χ4n) is 1.31. The quantitative estimate of drug-likeness (QED) is 0.651. The molecule has 4 N–H and O–H groups in total. The van der Waals surface area contributed by atoms with Gasteiger partial charge >= 0.3 is 0 Å². The Labute approximate surface area is 89.9 Å². The minimum absolute atomic E-state index is 0.0593. The van der Waals surface area contributed by atoms with Crippen molar-refractivity contribution < 1.29 is 4.79 Å². The third-order valence-corrected chi connectivity index (χ3v) is 2.22. The summed E-state index contributed by atoms with van der Waals surface area (Å²) in [4.78, 5) is 11.3. The van der Waals surface area contributed by atoms with Gasteiger partial charge in [-0.15, -0.1) is 0 Å². The summed E-state index contributed by atoms with van der Waals surface area (Å²) in [6, 6.07) is 5.40. The number of carbonyl (C=O) groups is 1. The van der Waals surface area contributed by atoms with Crippen molar-refractivity contribution in [2.45, 2.75) is 19.9 Å². The molecule has 0 heterocycles. The molecular formula is C11H17N3O. The van der Waals surface area contributed by atoms with Crippen molar-refractivity contribution in [3.05, 3.63) is 23.8 Å². The number of nitrogens with one attached hydrogen (secondary N) is 2. The number of amides is 1. The smallest absolute Gasteiger partial charge is 0.241 e. The molecule has 82 valence electrons. The molecule has 1 rings (SSSR count). The summed E-state index contributed by atoms with van der Waals surface area (Å²) in [6.45, 7) is 3.77. The molecule has 4 heteroatoms. The summed E-state index contributed by atoms with van der Waals surface area (Å²) < 4.78 is 0. The second kappa shape index (κ2) is 4.68. The number of hydrogen-bond acceptors (Lipinski definition) is 3. The minimum atomic E-state index is -0.293. The maximum absolute atomic E-state index is 11.3. The monoisotopic (exact) mass is 207 g/mol. The zero-order chi connectivity index (χ0) is 11.4. The normalized spacial score (nSPS) is 11.9. The number of carbonyl (C=O) groups excluding carboxylic acids is 1. The molecule has 1 aromatic rings. The molecule has 0 spiro atoms. The molecule has 0 radical (unpaired) electrons. The van der Waals surface area contributed by atoms with Gasteiger partial charge < -0.3 is 16.4 Å². The summed E-state index contributed by atoms with van der Waals surface area (Å²) in [5.41, 5.74) is 8.34. The third kappa shape index (κ3) is 2.87. The van der Waals surface area contributed by atoms with E-state index in [0.717, 1.165) is 11.3 Å². The van der Waals surface area contributed by atoms with E-state index in [0.29, 0.717) is 5.69 Å². The van der Waals surface area contributed by atoms with Gasteiger partial charge in [0, 0.05) is 7.05 Å². The number of aryl methyl sites for hydroxylation is 1. The SMILES string of the molecule is CNC(=O)C(C)Nc1cc(C)ccc1N. The van der Waals surface area contributed by atoms with E-state index in [-0.39, 0.29) is 11.9 Å². The topological polar surface area (TPSA) is 67.2 Å². The van der Waals surface area contributed by atoms with E-state index in [1.807, 2.05) is 25.1 Å². The molecule has 0 aliphatic carbocycles. The van der Waals surface area contributed by atoms with Crippen LogP contribution in [0.3, 0.4) is 0 Å². The molecule has 15 heavy (non-hydrogen) atoms. The highest BCUT2D eigenvalue weighted by Crippen LogP contribution is 2.20. The number of hydrogen-bond donors (Lipinski definition) is 3. The minimum Gasteiger partial charge on any atom is -0.397 e. The highest BCUT2D eigenvalue weighted by Gasteiger charge is 2.11. The third-order valence-electron chi connectivity index (χ3n) is 2.22. The van der Waals surface area contributed by atoms with Crippen LogP contribution in [0.25, 0.3) is 0 Å². The highest BCUT2D eigenvalue weighted by atomic mass is 16.2. The highest BCUT2D eigenvalue weighted by molar-refractivity contribution is 5.85. The number of likely N-dealkylation sites (N-methyl/N-ethyl adjacent to an activating group) is 1. The van der Waals surface area contributed by atoms with Crippen LogP contribution in [0.15, 0.2) is 18.2 Å². The van der Waals surface area contributed by atoms with E-state index in [1.54, 1.807) is 14.0 Å². The molecular weight excluding hydrogens is 190 g/mol. The van der Waals surface area contributed by atoms with Gasteiger partial charge in [-0.1, -0.05) is 6.07 Å². The molecule has 0 saturated heterocycles. The van der Waals surface area contributed by atoms with Gasteiger partial charge in [0.25, 0.3) is 0 Å². The van der Waals surface area contributed by atoms with Crippen molar-refractivity contribution in [2.24, 2.45) is 0 Å². The molecule has 0 bridgehead atoms. The molecule has 1 atom stereocenters. The fraction of sp³-hybridized carbons (Fsp3) is 0.364. The predicted octanol–water partition coefficient (Wildman–Crippen LogP) is 1.12. The molecule has 0 aliphatic rings. The second-order valence-electron chi connectivity index (χ2n) is 3.57. The zero-order valence-corrected chi connectivity index (χ0v) is 9.29. The van der Waals surface area contributed by atoms with Crippen molar-refractivity contribution in [1.29, 1.82) is 0 Å². The van der Waals surface area contributed by atoms with Crippen LogP contribution in [0.5, 0.6) is 0 Å². The Kier molecular flexibility index (Phi) is 3.55. The molecule has 1 aromatic carbocycles. The van der Waals surface area contributed by atoms with Crippen LogP contribution in [0.2, 0.25) is 0 Å². The van der Waals surface area contributed by atoms with Crippen molar-refractivity contribution in [3.63, 3.8) is 0 Å². The van der Waals surface area contributed by atoms with Crippen LogP contribution in [0.4, 0.5) is 11.4 Å². The molecule has 1 unspecified atom stereocenters. The number of nitrogens with two attached hydrogens (primary N) is 1. The second-order valence-corrected chi connectivity index (χ2v) is 3.57. The lowest BCUT2D eigenvalue weighted by Gasteiger charge is -2.15. The first-order valence-electron chi connectivity index (χ1n) is 4.89. The van der Waals surface area contributed by atoms with Crippen LogP contribution in [-0.4, -0.2) is 19.0 Å². The van der Waals surface area contributed by atoms with Crippen LogP contribution in [0.1, 0.15) is 12.5 Å². The molecule has 0 aromatic heterocycles. The van der Waals surface area contributed by atoms with Crippen LogP contribution < -0.4 is 16.4 Å². The Morgan fingerprint density at radius 3 is 2.73 bits per heavy atom. The van der Waals surface area contributed by atoms with Gasteiger partial charge in [-0.2, -0.15) is 0 Å².